The second kappa shape index (κ2) is 9.97. The predicted octanol–water partition coefficient (Wildman–Crippen LogP) is 4.00. The summed E-state index contributed by atoms with van der Waals surface area (Å²) in [6.07, 6.45) is 0.811. The maximum Gasteiger partial charge on any atom is 0.249 e. The number of amides is 2. The fraction of sp³-hybridized carbons (Fsp3) is 0.333. The number of hydrogen-bond donors (Lipinski definition) is 1. The summed E-state index contributed by atoms with van der Waals surface area (Å²) < 4.78 is 0. The second-order valence-electron chi connectivity index (χ2n) is 6.01. The van der Waals surface area contributed by atoms with E-state index in [-0.39, 0.29) is 18.2 Å². The second-order valence-corrected chi connectivity index (χ2v) is 6.42. The molecule has 2 aromatic rings. The molecule has 2 amide bonds. The van der Waals surface area contributed by atoms with Gasteiger partial charge in [-0.3, -0.25) is 9.59 Å². The maximum atomic E-state index is 12.9. The van der Waals surface area contributed by atoms with Gasteiger partial charge in [-0.05, 0) is 37.5 Å². The zero-order chi connectivity index (χ0) is 18.9. The molecule has 0 fully saturated rings. The fourth-order valence-corrected chi connectivity index (χ4v) is 3.06. The van der Waals surface area contributed by atoms with Crippen molar-refractivity contribution >= 4 is 23.4 Å². The first kappa shape index (κ1) is 20.0. The summed E-state index contributed by atoms with van der Waals surface area (Å²) in [7, 11) is 0. The van der Waals surface area contributed by atoms with Gasteiger partial charge < -0.3 is 10.2 Å². The molecule has 2 aromatic carbocycles. The summed E-state index contributed by atoms with van der Waals surface area (Å²) in [5.41, 5.74) is 1.71. The number of halogens is 1. The lowest BCUT2D eigenvalue weighted by Crippen LogP contribution is -2.42. The van der Waals surface area contributed by atoms with Crippen LogP contribution < -0.4 is 5.32 Å². The molecule has 26 heavy (non-hydrogen) atoms. The minimum absolute atomic E-state index is 0.0905. The Bertz CT molecular complexity index is 730. The van der Waals surface area contributed by atoms with Gasteiger partial charge in [0, 0.05) is 24.5 Å². The van der Waals surface area contributed by atoms with E-state index in [4.69, 9.17) is 11.6 Å². The largest absolute Gasteiger partial charge is 0.341 e. The smallest absolute Gasteiger partial charge is 0.249 e. The molecule has 0 heterocycles. The molecular formula is C21H25ClN2O2. The van der Waals surface area contributed by atoms with E-state index in [0.29, 0.717) is 24.5 Å². The average Bonchev–Trinajstić information content (AvgIpc) is 2.67. The van der Waals surface area contributed by atoms with Crippen molar-refractivity contribution in [2.75, 3.05) is 13.1 Å². The lowest BCUT2D eigenvalue weighted by atomic mass is 10.0. The number of aryl methyl sites for hydroxylation is 1. The van der Waals surface area contributed by atoms with Crippen molar-refractivity contribution in [3.05, 3.63) is 70.7 Å². The Hall–Kier alpha value is -2.33. The van der Waals surface area contributed by atoms with E-state index in [2.05, 4.69) is 5.32 Å². The van der Waals surface area contributed by atoms with Gasteiger partial charge in [0.05, 0.1) is 0 Å². The van der Waals surface area contributed by atoms with Crippen LogP contribution in [0.2, 0.25) is 5.02 Å². The van der Waals surface area contributed by atoms with Gasteiger partial charge in [-0.25, -0.2) is 0 Å². The van der Waals surface area contributed by atoms with Crippen LogP contribution in [0.5, 0.6) is 0 Å². The number of nitrogens with zero attached hydrogens (tertiary/aromatic N) is 1. The Morgan fingerprint density at radius 3 is 2.23 bits per heavy atom. The van der Waals surface area contributed by atoms with Crippen LogP contribution in [-0.4, -0.2) is 29.8 Å². The van der Waals surface area contributed by atoms with Crippen molar-refractivity contribution in [1.82, 2.24) is 10.2 Å². The van der Waals surface area contributed by atoms with Crippen LogP contribution >= 0.6 is 11.6 Å². The van der Waals surface area contributed by atoms with Crippen LogP contribution in [0.1, 0.15) is 37.4 Å². The summed E-state index contributed by atoms with van der Waals surface area (Å²) in [6.45, 7) is 5.08. The van der Waals surface area contributed by atoms with Gasteiger partial charge in [0.25, 0.3) is 0 Å². The van der Waals surface area contributed by atoms with Crippen LogP contribution in [-0.2, 0) is 16.0 Å². The SMILES string of the molecule is CCN(CC)C(=O)C(NC(=O)CCc1ccccc1Cl)c1ccccc1. The maximum absolute atomic E-state index is 12.9. The molecule has 0 saturated heterocycles. The Morgan fingerprint density at radius 1 is 1.00 bits per heavy atom. The first-order valence-electron chi connectivity index (χ1n) is 8.93. The van der Waals surface area contributed by atoms with Crippen molar-refractivity contribution in [3.8, 4) is 0 Å². The summed E-state index contributed by atoms with van der Waals surface area (Å²) in [5.74, 6) is -0.258. The van der Waals surface area contributed by atoms with Crippen LogP contribution in [0.4, 0.5) is 0 Å². The van der Waals surface area contributed by atoms with Gasteiger partial charge in [-0.2, -0.15) is 0 Å². The van der Waals surface area contributed by atoms with Crippen molar-refractivity contribution in [3.63, 3.8) is 0 Å². The fourth-order valence-electron chi connectivity index (χ4n) is 2.83. The van der Waals surface area contributed by atoms with Crippen molar-refractivity contribution in [2.24, 2.45) is 0 Å². The molecule has 4 nitrogen and oxygen atoms in total. The highest BCUT2D eigenvalue weighted by molar-refractivity contribution is 6.31. The molecule has 0 aromatic heterocycles. The number of nitrogens with one attached hydrogen (secondary N) is 1. The first-order chi connectivity index (χ1) is 12.6. The molecule has 2 rings (SSSR count). The summed E-state index contributed by atoms with van der Waals surface area (Å²) in [5, 5.41) is 3.55. The number of hydrogen-bond acceptors (Lipinski definition) is 2. The van der Waals surface area contributed by atoms with E-state index >= 15 is 0 Å². The highest BCUT2D eigenvalue weighted by Gasteiger charge is 2.25. The molecule has 0 spiro atoms. The Labute approximate surface area is 160 Å². The molecule has 1 atom stereocenters. The molecule has 1 N–H and O–H groups in total. The molecule has 0 aliphatic rings. The predicted molar refractivity (Wildman–Crippen MR) is 105 cm³/mol. The van der Waals surface area contributed by atoms with E-state index in [0.717, 1.165) is 11.1 Å². The zero-order valence-electron chi connectivity index (χ0n) is 15.2. The molecule has 0 bridgehead atoms. The van der Waals surface area contributed by atoms with Gasteiger partial charge in [0.15, 0.2) is 0 Å². The number of benzene rings is 2. The Kier molecular flexibility index (Phi) is 7.67. The van der Waals surface area contributed by atoms with Crippen LogP contribution in [0, 0.1) is 0 Å². The van der Waals surface area contributed by atoms with Crippen LogP contribution in [0.3, 0.4) is 0 Å². The van der Waals surface area contributed by atoms with Gasteiger partial charge in [-0.15, -0.1) is 0 Å². The van der Waals surface area contributed by atoms with Crippen LogP contribution in [0.25, 0.3) is 0 Å². The third-order valence-electron chi connectivity index (χ3n) is 4.34. The van der Waals surface area contributed by atoms with Crippen molar-refractivity contribution in [1.29, 1.82) is 0 Å². The zero-order valence-corrected chi connectivity index (χ0v) is 16.0. The lowest BCUT2D eigenvalue weighted by molar-refractivity contribution is -0.136. The quantitative estimate of drug-likeness (QED) is 0.761. The summed E-state index contributed by atoms with van der Waals surface area (Å²) in [6, 6.07) is 16.2. The van der Waals surface area contributed by atoms with Gasteiger partial charge >= 0.3 is 0 Å². The van der Waals surface area contributed by atoms with Gasteiger partial charge in [-0.1, -0.05) is 60.1 Å². The molecular weight excluding hydrogens is 348 g/mol. The van der Waals surface area contributed by atoms with Gasteiger partial charge in [0.1, 0.15) is 6.04 Å². The van der Waals surface area contributed by atoms with Gasteiger partial charge in [0.2, 0.25) is 11.8 Å². The monoisotopic (exact) mass is 372 g/mol. The summed E-state index contributed by atoms with van der Waals surface area (Å²) >= 11 is 6.15. The van der Waals surface area contributed by atoms with E-state index in [1.54, 1.807) is 4.90 Å². The van der Waals surface area contributed by atoms with E-state index < -0.39 is 6.04 Å². The molecule has 0 aliphatic carbocycles. The average molecular weight is 373 g/mol. The van der Waals surface area contributed by atoms with E-state index in [1.807, 2.05) is 68.4 Å². The highest BCUT2D eigenvalue weighted by Crippen LogP contribution is 2.18. The third kappa shape index (κ3) is 5.33. The number of carbonyl (C=O) groups excluding carboxylic acids is 2. The molecule has 0 radical (unpaired) electrons. The highest BCUT2D eigenvalue weighted by atomic mass is 35.5. The number of carbonyl (C=O) groups is 2. The topological polar surface area (TPSA) is 49.4 Å². The number of likely N-dealkylation sites (N-methyl/N-ethyl adjacent to an activating group) is 1. The molecule has 5 heteroatoms. The Balaban J connectivity index is 2.09. The molecule has 138 valence electrons. The standard InChI is InChI=1S/C21H25ClN2O2/c1-3-24(4-2)21(26)20(17-11-6-5-7-12-17)23-19(25)15-14-16-10-8-9-13-18(16)22/h5-13,20H,3-4,14-15H2,1-2H3,(H,23,25). The van der Waals surface area contributed by atoms with Crippen molar-refractivity contribution in [2.45, 2.75) is 32.7 Å². The van der Waals surface area contributed by atoms with Crippen LogP contribution in [0.15, 0.2) is 54.6 Å². The normalized spacial score (nSPS) is 11.7. The number of rotatable bonds is 8. The van der Waals surface area contributed by atoms with E-state index in [9.17, 15) is 9.59 Å². The first-order valence-corrected chi connectivity index (χ1v) is 9.31. The minimum atomic E-state index is -0.671. The third-order valence-corrected chi connectivity index (χ3v) is 4.71. The van der Waals surface area contributed by atoms with E-state index in [1.165, 1.54) is 0 Å². The molecule has 0 saturated carbocycles. The molecule has 1 unspecified atom stereocenters. The molecule has 0 aliphatic heterocycles. The summed E-state index contributed by atoms with van der Waals surface area (Å²) in [4.78, 5) is 27.1. The Morgan fingerprint density at radius 2 is 1.62 bits per heavy atom. The minimum Gasteiger partial charge on any atom is -0.341 e. The van der Waals surface area contributed by atoms with Crippen molar-refractivity contribution < 1.29 is 9.59 Å². The lowest BCUT2D eigenvalue weighted by Gasteiger charge is -2.26.